The van der Waals surface area contributed by atoms with Gasteiger partial charge in [0.2, 0.25) is 5.91 Å². The third-order valence-electron chi connectivity index (χ3n) is 11.2. The first-order chi connectivity index (χ1) is 25.0. The molecule has 0 aliphatic carbocycles. The van der Waals surface area contributed by atoms with Gasteiger partial charge in [-0.1, -0.05) is 245 Å². The van der Waals surface area contributed by atoms with Crippen molar-refractivity contribution < 1.29 is 20.1 Å². The average Bonchev–Trinajstić information content (AvgIpc) is 3.12. The van der Waals surface area contributed by atoms with E-state index in [1.165, 1.54) is 205 Å². The number of hydrogen-bond acceptors (Lipinski definition) is 4. The highest BCUT2D eigenvalue weighted by atomic mass is 16.3. The van der Waals surface area contributed by atoms with Crippen molar-refractivity contribution >= 4 is 5.91 Å². The predicted octanol–water partition coefficient (Wildman–Crippen LogP) is 13.4. The highest BCUT2D eigenvalue weighted by molar-refractivity contribution is 5.76. The molecule has 0 aromatic heterocycles. The molecule has 0 saturated carbocycles. The maximum absolute atomic E-state index is 12.5. The second kappa shape index (κ2) is 42.1. The number of carbonyl (C=O) groups excluding carboxylic acids is 1. The highest BCUT2D eigenvalue weighted by Gasteiger charge is 2.21. The van der Waals surface area contributed by atoms with Crippen molar-refractivity contribution in [1.29, 1.82) is 0 Å². The summed E-state index contributed by atoms with van der Waals surface area (Å²) >= 11 is 0. The van der Waals surface area contributed by atoms with E-state index in [1.54, 1.807) is 0 Å². The number of unbranched alkanes of at least 4 members (excludes halogenated alkanes) is 34. The number of hydrogen-bond donors (Lipinski definition) is 4. The number of aliphatic hydroxyl groups is 3. The second-order valence-electron chi connectivity index (χ2n) is 16.4. The molecule has 51 heavy (non-hydrogen) atoms. The predicted molar refractivity (Wildman–Crippen MR) is 222 cm³/mol. The van der Waals surface area contributed by atoms with Gasteiger partial charge in [-0.3, -0.25) is 4.79 Å². The van der Waals surface area contributed by atoms with Gasteiger partial charge in [-0.2, -0.15) is 0 Å². The van der Waals surface area contributed by atoms with Crippen LogP contribution in [0.5, 0.6) is 0 Å². The Kier molecular flexibility index (Phi) is 41.6. The fourth-order valence-corrected chi connectivity index (χ4v) is 7.58. The van der Waals surface area contributed by atoms with E-state index in [2.05, 4.69) is 19.2 Å². The molecule has 0 bridgehead atoms. The Morgan fingerprint density at radius 1 is 0.412 bits per heavy atom. The zero-order valence-corrected chi connectivity index (χ0v) is 34.8. The molecule has 306 valence electrons. The van der Waals surface area contributed by atoms with Crippen LogP contribution in [-0.2, 0) is 4.79 Å². The summed E-state index contributed by atoms with van der Waals surface area (Å²) in [7, 11) is 0. The van der Waals surface area contributed by atoms with E-state index in [-0.39, 0.29) is 18.9 Å². The van der Waals surface area contributed by atoms with E-state index >= 15 is 0 Å². The summed E-state index contributed by atoms with van der Waals surface area (Å²) < 4.78 is 0. The van der Waals surface area contributed by atoms with E-state index in [0.29, 0.717) is 12.8 Å². The third kappa shape index (κ3) is 38.9. The number of nitrogens with one attached hydrogen (secondary N) is 1. The lowest BCUT2D eigenvalue weighted by Crippen LogP contribution is -2.46. The highest BCUT2D eigenvalue weighted by Crippen LogP contribution is 2.17. The van der Waals surface area contributed by atoms with E-state index in [1.807, 2.05) is 0 Å². The first-order valence-corrected chi connectivity index (χ1v) is 23.3. The van der Waals surface area contributed by atoms with Crippen molar-refractivity contribution in [2.45, 2.75) is 283 Å². The molecule has 0 radical (unpaired) electrons. The molecule has 3 unspecified atom stereocenters. The maximum atomic E-state index is 12.5. The molecule has 0 aliphatic heterocycles. The van der Waals surface area contributed by atoms with Crippen LogP contribution >= 0.6 is 0 Å². The molecule has 1 amide bonds. The molecular formula is C46H93NO4. The van der Waals surface area contributed by atoms with Crippen LogP contribution in [0.4, 0.5) is 0 Å². The number of aliphatic hydroxyl groups excluding tert-OH is 3. The molecule has 5 nitrogen and oxygen atoms in total. The first kappa shape index (κ1) is 50.4. The Labute approximate surface area is 319 Å². The van der Waals surface area contributed by atoms with Crippen molar-refractivity contribution in [1.82, 2.24) is 5.32 Å². The Hall–Kier alpha value is -0.650. The number of carbonyl (C=O) groups is 1. The standard InChI is InChI=1S/C46H93NO4/c1-3-5-7-9-11-13-15-17-19-21-22-23-24-25-27-29-31-33-35-37-39-43(49)41-46(51)47-44(42-48)45(50)40-38-36-34-32-30-28-26-20-18-16-14-12-10-8-6-4-2/h43-45,48-50H,3-42H2,1-2H3,(H,47,51). The summed E-state index contributed by atoms with van der Waals surface area (Å²) in [6.45, 7) is 4.29. The molecule has 0 saturated heterocycles. The van der Waals surface area contributed by atoms with E-state index in [9.17, 15) is 20.1 Å². The van der Waals surface area contributed by atoms with Crippen LogP contribution < -0.4 is 5.32 Å². The topological polar surface area (TPSA) is 89.8 Å². The lowest BCUT2D eigenvalue weighted by Gasteiger charge is -2.23. The molecule has 4 N–H and O–H groups in total. The molecule has 0 fully saturated rings. The summed E-state index contributed by atoms with van der Waals surface area (Å²) in [5.74, 6) is -0.277. The fourth-order valence-electron chi connectivity index (χ4n) is 7.58. The van der Waals surface area contributed by atoms with Gasteiger partial charge in [0, 0.05) is 0 Å². The van der Waals surface area contributed by atoms with Gasteiger partial charge in [0.05, 0.1) is 31.3 Å². The third-order valence-corrected chi connectivity index (χ3v) is 11.2. The maximum Gasteiger partial charge on any atom is 0.222 e. The number of rotatable bonds is 43. The van der Waals surface area contributed by atoms with Gasteiger partial charge in [0.15, 0.2) is 0 Å². The molecule has 0 aliphatic rings. The monoisotopic (exact) mass is 724 g/mol. The Bertz CT molecular complexity index is 674. The van der Waals surface area contributed by atoms with Gasteiger partial charge in [0.1, 0.15) is 0 Å². The molecule has 0 aromatic carbocycles. The molecule has 5 heteroatoms. The first-order valence-electron chi connectivity index (χ1n) is 23.3. The fraction of sp³-hybridized carbons (Fsp3) is 0.978. The normalized spacial score (nSPS) is 13.4. The smallest absolute Gasteiger partial charge is 0.222 e. The van der Waals surface area contributed by atoms with Crippen LogP contribution in [0.3, 0.4) is 0 Å². The summed E-state index contributed by atoms with van der Waals surface area (Å²) in [5, 5.41) is 33.4. The Morgan fingerprint density at radius 3 is 0.941 bits per heavy atom. The molecule has 0 aromatic rings. The van der Waals surface area contributed by atoms with Gasteiger partial charge >= 0.3 is 0 Å². The molecule has 0 heterocycles. The van der Waals surface area contributed by atoms with Crippen molar-refractivity contribution in [3.63, 3.8) is 0 Å². The zero-order valence-electron chi connectivity index (χ0n) is 34.8. The minimum atomic E-state index is -0.743. The minimum absolute atomic E-state index is 0.0430. The van der Waals surface area contributed by atoms with Crippen molar-refractivity contribution in [3.05, 3.63) is 0 Å². The van der Waals surface area contributed by atoms with Crippen LogP contribution in [0.1, 0.15) is 264 Å². The van der Waals surface area contributed by atoms with Crippen molar-refractivity contribution in [2.24, 2.45) is 0 Å². The van der Waals surface area contributed by atoms with Crippen LogP contribution in [0, 0.1) is 0 Å². The van der Waals surface area contributed by atoms with Gasteiger partial charge in [-0.05, 0) is 12.8 Å². The van der Waals surface area contributed by atoms with Gasteiger partial charge < -0.3 is 20.6 Å². The summed E-state index contributed by atoms with van der Waals surface area (Å²) in [6, 6.07) is -0.652. The van der Waals surface area contributed by atoms with Crippen molar-refractivity contribution in [3.8, 4) is 0 Å². The van der Waals surface area contributed by atoms with Gasteiger partial charge in [-0.15, -0.1) is 0 Å². The van der Waals surface area contributed by atoms with E-state index in [0.717, 1.165) is 25.7 Å². The SMILES string of the molecule is CCCCCCCCCCCCCCCCCCCCCCC(O)CC(=O)NC(CO)C(O)CCCCCCCCCCCCCCCCCC. The quantitative estimate of drug-likeness (QED) is 0.0472. The largest absolute Gasteiger partial charge is 0.394 e. The van der Waals surface area contributed by atoms with Crippen molar-refractivity contribution in [2.75, 3.05) is 6.61 Å². The molecule has 0 rings (SSSR count). The van der Waals surface area contributed by atoms with E-state index in [4.69, 9.17) is 0 Å². The van der Waals surface area contributed by atoms with Gasteiger partial charge in [0.25, 0.3) is 0 Å². The Balaban J connectivity index is 3.55. The van der Waals surface area contributed by atoms with Crippen LogP contribution in [0.15, 0.2) is 0 Å². The number of amides is 1. The second-order valence-corrected chi connectivity index (χ2v) is 16.4. The van der Waals surface area contributed by atoms with Crippen LogP contribution in [-0.4, -0.2) is 46.1 Å². The minimum Gasteiger partial charge on any atom is -0.394 e. The van der Waals surface area contributed by atoms with Crippen LogP contribution in [0.25, 0.3) is 0 Å². The molecular weight excluding hydrogens is 631 g/mol. The molecule has 3 atom stereocenters. The van der Waals surface area contributed by atoms with Crippen LogP contribution in [0.2, 0.25) is 0 Å². The van der Waals surface area contributed by atoms with E-state index < -0.39 is 18.2 Å². The Morgan fingerprint density at radius 2 is 0.667 bits per heavy atom. The lowest BCUT2D eigenvalue weighted by molar-refractivity contribution is -0.125. The average molecular weight is 724 g/mol. The summed E-state index contributed by atoms with van der Waals surface area (Å²) in [6.07, 6.45) is 47.9. The lowest BCUT2D eigenvalue weighted by atomic mass is 10.0. The molecule has 0 spiro atoms. The van der Waals surface area contributed by atoms with Gasteiger partial charge in [-0.25, -0.2) is 0 Å². The summed E-state index contributed by atoms with van der Waals surface area (Å²) in [5.41, 5.74) is 0. The zero-order chi connectivity index (χ0) is 37.3. The summed E-state index contributed by atoms with van der Waals surface area (Å²) in [4.78, 5) is 12.5.